The summed E-state index contributed by atoms with van der Waals surface area (Å²) in [6, 6.07) is 7.19. The summed E-state index contributed by atoms with van der Waals surface area (Å²) in [6.45, 7) is 2.12. The Morgan fingerprint density at radius 1 is 1.30 bits per heavy atom. The molecule has 2 N–H and O–H groups in total. The zero-order valence-electron chi connectivity index (χ0n) is 16.3. The first-order chi connectivity index (χ1) is 14.4. The van der Waals surface area contributed by atoms with Crippen molar-refractivity contribution < 1.29 is 18.7 Å². The molecular weight excluding hydrogens is 411 g/mol. The molecule has 11 heteroatoms. The number of rotatable bonds is 6. The lowest BCUT2D eigenvalue weighted by Gasteiger charge is -2.15. The van der Waals surface area contributed by atoms with Gasteiger partial charge in [0, 0.05) is 24.5 Å². The van der Waals surface area contributed by atoms with Crippen molar-refractivity contribution in [3.63, 3.8) is 0 Å². The third kappa shape index (κ3) is 5.95. The van der Waals surface area contributed by atoms with Crippen molar-refractivity contribution in [1.82, 2.24) is 25.4 Å². The van der Waals surface area contributed by atoms with Gasteiger partial charge in [-0.1, -0.05) is 12.1 Å². The molecule has 156 valence electrons. The third-order valence-corrected chi connectivity index (χ3v) is 4.69. The molecule has 9 nitrogen and oxygen atoms in total. The monoisotopic (exact) mass is 430 g/mol. The number of carbonyl (C=O) groups is 2. The van der Waals surface area contributed by atoms with Crippen LogP contribution in [-0.4, -0.2) is 39.3 Å². The topological polar surface area (TPSA) is 109 Å². The predicted octanol–water partition coefficient (Wildman–Crippen LogP) is 3.33. The van der Waals surface area contributed by atoms with Crippen LogP contribution < -0.4 is 15.4 Å². The first-order valence-electron chi connectivity index (χ1n) is 8.85. The van der Waals surface area contributed by atoms with E-state index < -0.39 is 12.1 Å². The van der Waals surface area contributed by atoms with Gasteiger partial charge in [0.25, 0.3) is 0 Å². The van der Waals surface area contributed by atoms with E-state index in [2.05, 4.69) is 25.8 Å². The Labute approximate surface area is 175 Å². The summed E-state index contributed by atoms with van der Waals surface area (Å²) in [5.41, 5.74) is 1.91. The molecule has 0 saturated heterocycles. The summed E-state index contributed by atoms with van der Waals surface area (Å²) in [4.78, 5) is 29.8. The van der Waals surface area contributed by atoms with Crippen LogP contribution in [-0.2, 0) is 13.1 Å². The number of ether oxygens (including phenoxy) is 1. The molecule has 3 aromatic rings. The van der Waals surface area contributed by atoms with Crippen molar-refractivity contribution in [2.75, 3.05) is 12.4 Å². The van der Waals surface area contributed by atoms with Gasteiger partial charge in [0.2, 0.25) is 5.88 Å². The van der Waals surface area contributed by atoms with Crippen LogP contribution in [0.15, 0.2) is 41.9 Å². The van der Waals surface area contributed by atoms with E-state index >= 15 is 0 Å². The van der Waals surface area contributed by atoms with Crippen molar-refractivity contribution in [1.29, 1.82) is 0 Å². The highest BCUT2D eigenvalue weighted by Crippen LogP contribution is 2.17. The summed E-state index contributed by atoms with van der Waals surface area (Å²) in [5.74, 6) is -0.221. The molecule has 2 heterocycles. The van der Waals surface area contributed by atoms with Crippen molar-refractivity contribution >= 4 is 28.6 Å². The van der Waals surface area contributed by atoms with Crippen molar-refractivity contribution in [2.45, 2.75) is 20.0 Å². The van der Waals surface area contributed by atoms with Crippen LogP contribution in [0.2, 0.25) is 0 Å². The Morgan fingerprint density at radius 2 is 2.13 bits per heavy atom. The zero-order chi connectivity index (χ0) is 21.5. The van der Waals surface area contributed by atoms with E-state index in [1.807, 2.05) is 0 Å². The summed E-state index contributed by atoms with van der Waals surface area (Å²) < 4.78 is 18.4. The van der Waals surface area contributed by atoms with E-state index in [-0.39, 0.29) is 24.8 Å². The van der Waals surface area contributed by atoms with E-state index in [0.29, 0.717) is 22.0 Å². The molecule has 1 aromatic carbocycles. The molecule has 0 radical (unpaired) electrons. The highest BCUT2D eigenvalue weighted by Gasteiger charge is 2.16. The average Bonchev–Trinajstić information content (AvgIpc) is 3.14. The van der Waals surface area contributed by atoms with Gasteiger partial charge in [0.05, 0.1) is 18.4 Å². The number of halogens is 1. The fraction of sp³-hybridized carbons (Fsp3) is 0.211. The first-order valence-corrected chi connectivity index (χ1v) is 9.73. The van der Waals surface area contributed by atoms with Crippen LogP contribution in [0.25, 0.3) is 0 Å². The Hall–Kier alpha value is -3.60. The van der Waals surface area contributed by atoms with Crippen LogP contribution in [0.3, 0.4) is 0 Å². The molecule has 3 rings (SSSR count). The third-order valence-electron chi connectivity index (χ3n) is 3.89. The largest absolute Gasteiger partial charge is 0.416 e. The quantitative estimate of drug-likeness (QED) is 0.621. The van der Waals surface area contributed by atoms with Crippen LogP contribution in [0.5, 0.6) is 5.88 Å². The molecule has 0 aliphatic carbocycles. The smallest absolute Gasteiger partial charge is 0.389 e. The predicted molar refractivity (Wildman–Crippen MR) is 109 cm³/mol. The SMILES string of the molecule is Cc1ccnnc1OC(=O)N(C)Cc1csc(NC(=O)NCc2cccc(F)c2)n1. The maximum absolute atomic E-state index is 13.2. The van der Waals surface area contributed by atoms with Gasteiger partial charge in [0.1, 0.15) is 5.82 Å². The van der Waals surface area contributed by atoms with Crippen molar-refractivity contribution in [3.8, 4) is 5.88 Å². The molecule has 0 aliphatic rings. The fourth-order valence-corrected chi connectivity index (χ4v) is 3.05. The Bertz CT molecular complexity index is 1040. The molecule has 0 atom stereocenters. The van der Waals surface area contributed by atoms with Gasteiger partial charge < -0.3 is 15.0 Å². The number of thiazole rings is 1. The number of carbonyl (C=O) groups excluding carboxylic acids is 2. The highest BCUT2D eigenvalue weighted by molar-refractivity contribution is 7.13. The van der Waals surface area contributed by atoms with E-state index in [0.717, 1.165) is 0 Å². The number of benzene rings is 1. The standard InChI is InChI=1S/C19H19FN6O3S/c1-12-6-7-22-25-16(12)29-19(28)26(2)10-15-11-30-18(23-15)24-17(27)21-9-13-4-3-5-14(20)8-13/h3-8,11H,9-10H2,1-2H3,(H2,21,23,24,27). The Balaban J connectivity index is 1.48. The molecule has 0 aliphatic heterocycles. The fourth-order valence-electron chi connectivity index (χ4n) is 2.36. The number of hydrogen-bond acceptors (Lipinski definition) is 7. The number of hydrogen-bond donors (Lipinski definition) is 2. The number of anilines is 1. The molecule has 3 amide bonds. The molecule has 0 spiro atoms. The van der Waals surface area contributed by atoms with Gasteiger partial charge in [-0.05, 0) is 30.7 Å². The maximum atomic E-state index is 13.2. The van der Waals surface area contributed by atoms with Gasteiger partial charge in [-0.25, -0.2) is 19.0 Å². The molecule has 0 saturated carbocycles. The van der Waals surface area contributed by atoms with Gasteiger partial charge in [0.15, 0.2) is 5.13 Å². The minimum atomic E-state index is -0.603. The summed E-state index contributed by atoms with van der Waals surface area (Å²) in [6.07, 6.45) is 0.906. The molecular formula is C19H19FN6O3S. The lowest BCUT2D eigenvalue weighted by atomic mass is 10.2. The first kappa shape index (κ1) is 21.1. The number of amides is 3. The lowest BCUT2D eigenvalue weighted by molar-refractivity contribution is 0.157. The Morgan fingerprint density at radius 3 is 2.90 bits per heavy atom. The number of nitrogens with zero attached hydrogens (tertiary/aromatic N) is 4. The lowest BCUT2D eigenvalue weighted by Crippen LogP contribution is -2.30. The van der Waals surface area contributed by atoms with Gasteiger partial charge in [-0.15, -0.1) is 16.4 Å². The summed E-state index contributed by atoms with van der Waals surface area (Å²) >= 11 is 1.22. The minimum absolute atomic E-state index is 0.143. The molecule has 30 heavy (non-hydrogen) atoms. The molecule has 0 fully saturated rings. The van der Waals surface area contributed by atoms with E-state index in [1.54, 1.807) is 37.6 Å². The highest BCUT2D eigenvalue weighted by atomic mass is 32.1. The Kier molecular flexibility index (Phi) is 6.86. The summed E-state index contributed by atoms with van der Waals surface area (Å²) in [7, 11) is 1.56. The maximum Gasteiger partial charge on any atom is 0.416 e. The second kappa shape index (κ2) is 9.74. The van der Waals surface area contributed by atoms with Gasteiger partial charge >= 0.3 is 12.1 Å². The van der Waals surface area contributed by atoms with Crippen molar-refractivity contribution in [2.24, 2.45) is 0 Å². The number of urea groups is 1. The average molecular weight is 430 g/mol. The number of aromatic nitrogens is 3. The molecule has 2 aromatic heterocycles. The minimum Gasteiger partial charge on any atom is -0.389 e. The van der Waals surface area contributed by atoms with Crippen molar-refractivity contribution in [3.05, 3.63) is 64.5 Å². The number of aryl methyl sites for hydroxylation is 1. The zero-order valence-corrected chi connectivity index (χ0v) is 17.1. The van der Waals surface area contributed by atoms with Gasteiger partial charge in [-0.2, -0.15) is 5.10 Å². The van der Waals surface area contributed by atoms with E-state index in [9.17, 15) is 14.0 Å². The number of nitrogens with one attached hydrogen (secondary N) is 2. The second-order valence-corrected chi connectivity index (χ2v) is 7.18. The van der Waals surface area contributed by atoms with Gasteiger partial charge in [-0.3, -0.25) is 5.32 Å². The van der Waals surface area contributed by atoms with Crippen LogP contribution in [0, 0.1) is 12.7 Å². The normalized spacial score (nSPS) is 10.4. The van der Waals surface area contributed by atoms with E-state index in [1.165, 1.54) is 34.6 Å². The summed E-state index contributed by atoms with van der Waals surface area (Å²) in [5, 5.41) is 14.8. The molecule has 0 unspecified atom stereocenters. The van der Waals surface area contributed by atoms with Crippen LogP contribution >= 0.6 is 11.3 Å². The van der Waals surface area contributed by atoms with Crippen LogP contribution in [0.1, 0.15) is 16.8 Å². The molecule has 0 bridgehead atoms. The van der Waals surface area contributed by atoms with Crippen LogP contribution in [0.4, 0.5) is 19.1 Å². The second-order valence-electron chi connectivity index (χ2n) is 6.32. The van der Waals surface area contributed by atoms with E-state index in [4.69, 9.17) is 4.74 Å².